The normalized spacial score (nSPS) is 19.8. The quantitative estimate of drug-likeness (QED) is 0.856. The standard InChI is InChI=1S/C17H26N4O/c1-3-14-11-16(19-12-18-14)21-9-7-15(8-10-21)20(2)17(22)13-5-4-6-13/h11-13,15H,3-10H2,1-2H3. The molecule has 0 unspecified atom stereocenters. The molecule has 3 rings (SSSR count). The van der Waals surface area contributed by atoms with Crippen molar-refractivity contribution in [3.8, 4) is 0 Å². The van der Waals surface area contributed by atoms with Gasteiger partial charge in [-0.3, -0.25) is 4.79 Å². The van der Waals surface area contributed by atoms with Crippen LogP contribution in [0.15, 0.2) is 12.4 Å². The van der Waals surface area contributed by atoms with E-state index in [1.165, 1.54) is 6.42 Å². The molecule has 0 N–H and O–H groups in total. The largest absolute Gasteiger partial charge is 0.356 e. The van der Waals surface area contributed by atoms with Crippen molar-refractivity contribution in [1.29, 1.82) is 0 Å². The van der Waals surface area contributed by atoms with Crippen LogP contribution in [-0.4, -0.2) is 47.0 Å². The van der Waals surface area contributed by atoms with Crippen LogP contribution >= 0.6 is 0 Å². The van der Waals surface area contributed by atoms with Crippen molar-refractivity contribution in [2.24, 2.45) is 5.92 Å². The molecule has 1 aliphatic heterocycles. The monoisotopic (exact) mass is 302 g/mol. The zero-order chi connectivity index (χ0) is 15.5. The maximum absolute atomic E-state index is 12.4. The van der Waals surface area contributed by atoms with Gasteiger partial charge in [-0.15, -0.1) is 0 Å². The second kappa shape index (κ2) is 6.63. The first-order chi connectivity index (χ1) is 10.7. The summed E-state index contributed by atoms with van der Waals surface area (Å²) in [6, 6.07) is 2.47. The summed E-state index contributed by atoms with van der Waals surface area (Å²) in [6.07, 6.45) is 8.04. The van der Waals surface area contributed by atoms with Crippen molar-refractivity contribution in [2.45, 2.75) is 51.5 Å². The Morgan fingerprint density at radius 2 is 2.00 bits per heavy atom. The topological polar surface area (TPSA) is 49.3 Å². The van der Waals surface area contributed by atoms with Crippen LogP contribution in [0, 0.1) is 5.92 Å². The average Bonchev–Trinajstić information content (AvgIpc) is 2.52. The zero-order valence-electron chi connectivity index (χ0n) is 13.7. The van der Waals surface area contributed by atoms with Crippen LogP contribution in [0.25, 0.3) is 0 Å². The number of carbonyl (C=O) groups excluding carboxylic acids is 1. The number of hydrogen-bond donors (Lipinski definition) is 0. The molecule has 0 radical (unpaired) electrons. The SMILES string of the molecule is CCc1cc(N2CCC(N(C)C(=O)C3CCC3)CC2)ncn1. The molecule has 1 amide bonds. The molecule has 5 nitrogen and oxygen atoms in total. The fraction of sp³-hybridized carbons (Fsp3) is 0.706. The number of anilines is 1. The van der Waals surface area contributed by atoms with Gasteiger partial charge in [-0.05, 0) is 32.1 Å². The third-order valence-corrected chi connectivity index (χ3v) is 5.21. The molecule has 0 aromatic carbocycles. The van der Waals surface area contributed by atoms with E-state index in [9.17, 15) is 4.79 Å². The van der Waals surface area contributed by atoms with E-state index < -0.39 is 0 Å². The van der Waals surface area contributed by atoms with Gasteiger partial charge in [0.15, 0.2) is 0 Å². The van der Waals surface area contributed by atoms with Crippen molar-refractivity contribution >= 4 is 11.7 Å². The van der Waals surface area contributed by atoms with E-state index in [1.54, 1.807) is 6.33 Å². The lowest BCUT2D eigenvalue weighted by atomic mass is 9.84. The van der Waals surface area contributed by atoms with Gasteiger partial charge in [0.1, 0.15) is 12.1 Å². The smallest absolute Gasteiger partial charge is 0.225 e. The van der Waals surface area contributed by atoms with E-state index in [4.69, 9.17) is 0 Å². The molecule has 1 aromatic heterocycles. The predicted octanol–water partition coefficient (Wildman–Crippen LogP) is 2.27. The molecular formula is C17H26N4O. The Kier molecular flexibility index (Phi) is 4.60. The van der Waals surface area contributed by atoms with Gasteiger partial charge in [-0.25, -0.2) is 9.97 Å². The number of rotatable bonds is 4. The van der Waals surface area contributed by atoms with E-state index in [1.807, 2.05) is 11.9 Å². The van der Waals surface area contributed by atoms with Crippen molar-refractivity contribution in [3.63, 3.8) is 0 Å². The molecule has 1 saturated heterocycles. The van der Waals surface area contributed by atoms with E-state index in [0.29, 0.717) is 17.9 Å². The Morgan fingerprint density at radius 1 is 1.27 bits per heavy atom. The van der Waals surface area contributed by atoms with E-state index in [2.05, 4.69) is 27.9 Å². The van der Waals surface area contributed by atoms with Crippen molar-refractivity contribution in [3.05, 3.63) is 18.1 Å². The van der Waals surface area contributed by atoms with Gasteiger partial charge in [0, 0.05) is 43.9 Å². The van der Waals surface area contributed by atoms with Crippen molar-refractivity contribution < 1.29 is 4.79 Å². The van der Waals surface area contributed by atoms with Gasteiger partial charge in [-0.2, -0.15) is 0 Å². The first kappa shape index (κ1) is 15.3. The Balaban J connectivity index is 1.56. The molecule has 2 fully saturated rings. The van der Waals surface area contributed by atoms with Crippen LogP contribution in [-0.2, 0) is 11.2 Å². The summed E-state index contributed by atoms with van der Waals surface area (Å²) in [6.45, 7) is 4.04. The molecule has 0 atom stereocenters. The lowest BCUT2D eigenvalue weighted by Gasteiger charge is -2.39. The number of nitrogens with zero attached hydrogens (tertiary/aromatic N) is 4. The summed E-state index contributed by atoms with van der Waals surface area (Å²) in [5, 5.41) is 0. The van der Waals surface area contributed by atoms with Gasteiger partial charge in [-0.1, -0.05) is 13.3 Å². The second-order valence-corrected chi connectivity index (χ2v) is 6.52. The molecule has 1 aliphatic carbocycles. The van der Waals surface area contributed by atoms with Crippen molar-refractivity contribution in [1.82, 2.24) is 14.9 Å². The molecule has 1 saturated carbocycles. The van der Waals surface area contributed by atoms with Crippen LogP contribution in [0.4, 0.5) is 5.82 Å². The van der Waals surface area contributed by atoms with Gasteiger partial charge < -0.3 is 9.80 Å². The highest BCUT2D eigenvalue weighted by Gasteiger charge is 2.32. The highest BCUT2D eigenvalue weighted by molar-refractivity contribution is 5.79. The summed E-state index contributed by atoms with van der Waals surface area (Å²) in [4.78, 5) is 25.3. The van der Waals surface area contributed by atoms with Crippen LogP contribution in [0.1, 0.15) is 44.7 Å². The Labute approximate surface area is 132 Å². The van der Waals surface area contributed by atoms with Crippen LogP contribution < -0.4 is 4.90 Å². The predicted molar refractivity (Wildman–Crippen MR) is 86.8 cm³/mol. The maximum Gasteiger partial charge on any atom is 0.225 e. The average molecular weight is 302 g/mol. The molecular weight excluding hydrogens is 276 g/mol. The van der Waals surface area contributed by atoms with Crippen LogP contribution in [0.2, 0.25) is 0 Å². The number of aryl methyl sites for hydroxylation is 1. The van der Waals surface area contributed by atoms with Crippen LogP contribution in [0.3, 0.4) is 0 Å². The summed E-state index contributed by atoms with van der Waals surface area (Å²) in [5.74, 6) is 1.69. The highest BCUT2D eigenvalue weighted by atomic mass is 16.2. The number of amides is 1. The molecule has 2 aliphatic rings. The molecule has 22 heavy (non-hydrogen) atoms. The third-order valence-electron chi connectivity index (χ3n) is 5.21. The van der Waals surface area contributed by atoms with E-state index in [-0.39, 0.29) is 0 Å². The van der Waals surface area contributed by atoms with Gasteiger partial charge in [0.05, 0.1) is 0 Å². The highest BCUT2D eigenvalue weighted by Crippen LogP contribution is 2.30. The first-order valence-corrected chi connectivity index (χ1v) is 8.51. The number of piperidine rings is 1. The number of carbonyl (C=O) groups is 1. The summed E-state index contributed by atoms with van der Waals surface area (Å²) in [5.41, 5.74) is 1.09. The molecule has 0 spiro atoms. The second-order valence-electron chi connectivity index (χ2n) is 6.52. The van der Waals surface area contributed by atoms with Gasteiger partial charge >= 0.3 is 0 Å². The Morgan fingerprint density at radius 3 is 2.59 bits per heavy atom. The summed E-state index contributed by atoms with van der Waals surface area (Å²) >= 11 is 0. The lowest BCUT2D eigenvalue weighted by molar-refractivity contribution is -0.139. The molecule has 2 heterocycles. The van der Waals surface area contributed by atoms with Crippen molar-refractivity contribution in [2.75, 3.05) is 25.0 Å². The minimum atomic E-state index is 0.303. The summed E-state index contributed by atoms with van der Waals surface area (Å²) in [7, 11) is 1.99. The molecule has 120 valence electrons. The molecule has 5 heteroatoms. The van der Waals surface area contributed by atoms with E-state index in [0.717, 1.165) is 56.7 Å². The number of hydrogen-bond acceptors (Lipinski definition) is 4. The minimum Gasteiger partial charge on any atom is -0.356 e. The zero-order valence-corrected chi connectivity index (χ0v) is 13.7. The molecule has 0 bridgehead atoms. The number of aromatic nitrogens is 2. The molecule has 1 aromatic rings. The fourth-order valence-corrected chi connectivity index (χ4v) is 3.36. The lowest BCUT2D eigenvalue weighted by Crippen LogP contribution is -2.48. The minimum absolute atomic E-state index is 0.303. The van der Waals surface area contributed by atoms with Gasteiger partial charge in [0.25, 0.3) is 0 Å². The third kappa shape index (κ3) is 3.08. The van der Waals surface area contributed by atoms with Crippen LogP contribution in [0.5, 0.6) is 0 Å². The Bertz CT molecular complexity index is 521. The summed E-state index contributed by atoms with van der Waals surface area (Å²) < 4.78 is 0. The fourth-order valence-electron chi connectivity index (χ4n) is 3.36. The van der Waals surface area contributed by atoms with E-state index >= 15 is 0 Å². The van der Waals surface area contributed by atoms with Gasteiger partial charge in [0.2, 0.25) is 5.91 Å². The maximum atomic E-state index is 12.4. The first-order valence-electron chi connectivity index (χ1n) is 8.51. The Hall–Kier alpha value is -1.65.